The Morgan fingerprint density at radius 3 is 2.40 bits per heavy atom. The molecule has 2 aromatic carbocycles. The number of nitrogen functional groups attached to an aromatic ring is 1. The first kappa shape index (κ1) is 14.1. The lowest BCUT2D eigenvalue weighted by Gasteiger charge is -2.17. The van der Waals surface area contributed by atoms with Crippen molar-refractivity contribution in [3.8, 4) is 0 Å². The first-order valence-electron chi connectivity index (χ1n) is 6.78. The van der Waals surface area contributed by atoms with Gasteiger partial charge in [0, 0.05) is 25.7 Å². The average Bonchev–Trinajstić information content (AvgIpc) is 2.47. The molecule has 20 heavy (non-hydrogen) atoms. The third-order valence-corrected chi connectivity index (χ3v) is 3.35. The van der Waals surface area contributed by atoms with Crippen molar-refractivity contribution >= 4 is 11.6 Å². The van der Waals surface area contributed by atoms with E-state index in [2.05, 4.69) is 0 Å². The Labute approximate surface area is 120 Å². The van der Waals surface area contributed by atoms with Gasteiger partial charge in [0.25, 0.3) is 0 Å². The van der Waals surface area contributed by atoms with E-state index in [0.29, 0.717) is 19.4 Å². The second-order valence-corrected chi connectivity index (χ2v) is 4.93. The summed E-state index contributed by atoms with van der Waals surface area (Å²) in [6.45, 7) is 0.643. The van der Waals surface area contributed by atoms with E-state index in [0.717, 1.165) is 16.8 Å². The molecule has 0 aliphatic carbocycles. The second kappa shape index (κ2) is 6.75. The van der Waals surface area contributed by atoms with E-state index in [-0.39, 0.29) is 5.91 Å². The number of carbonyl (C=O) groups excluding carboxylic acids is 1. The van der Waals surface area contributed by atoms with E-state index in [1.165, 1.54) is 0 Å². The molecule has 3 heteroatoms. The molecule has 0 aliphatic rings. The summed E-state index contributed by atoms with van der Waals surface area (Å²) in [6, 6.07) is 17.7. The number of aryl methyl sites for hydroxylation is 1. The molecular formula is C17H20N2O. The van der Waals surface area contributed by atoms with Crippen LogP contribution in [0.15, 0.2) is 54.6 Å². The number of para-hydroxylation sites is 1. The van der Waals surface area contributed by atoms with Crippen LogP contribution >= 0.6 is 0 Å². The number of nitrogens with zero attached hydrogens (tertiary/aromatic N) is 1. The van der Waals surface area contributed by atoms with Crippen molar-refractivity contribution in [3.63, 3.8) is 0 Å². The monoisotopic (exact) mass is 268 g/mol. The molecule has 2 N–H and O–H groups in total. The van der Waals surface area contributed by atoms with Crippen molar-refractivity contribution in [2.75, 3.05) is 12.8 Å². The first-order valence-corrected chi connectivity index (χ1v) is 6.78. The van der Waals surface area contributed by atoms with Crippen LogP contribution in [0.3, 0.4) is 0 Å². The minimum atomic E-state index is 0.136. The summed E-state index contributed by atoms with van der Waals surface area (Å²) < 4.78 is 0. The van der Waals surface area contributed by atoms with E-state index in [1.54, 1.807) is 4.90 Å². The van der Waals surface area contributed by atoms with E-state index < -0.39 is 0 Å². The van der Waals surface area contributed by atoms with Crippen molar-refractivity contribution in [1.29, 1.82) is 0 Å². The van der Waals surface area contributed by atoms with Crippen molar-refractivity contribution < 1.29 is 4.79 Å². The number of hydrogen-bond donors (Lipinski definition) is 1. The Bertz CT molecular complexity index is 566. The van der Waals surface area contributed by atoms with Crippen LogP contribution in [0.25, 0.3) is 0 Å². The molecule has 2 aromatic rings. The van der Waals surface area contributed by atoms with Gasteiger partial charge in [0.1, 0.15) is 0 Å². The van der Waals surface area contributed by atoms with E-state index in [4.69, 9.17) is 5.73 Å². The zero-order valence-corrected chi connectivity index (χ0v) is 11.8. The van der Waals surface area contributed by atoms with Crippen LogP contribution in [0, 0.1) is 0 Å². The second-order valence-electron chi connectivity index (χ2n) is 4.93. The molecule has 1 amide bonds. The van der Waals surface area contributed by atoms with E-state index >= 15 is 0 Å². The van der Waals surface area contributed by atoms with E-state index in [1.807, 2.05) is 61.6 Å². The van der Waals surface area contributed by atoms with Crippen LogP contribution in [-0.4, -0.2) is 17.9 Å². The summed E-state index contributed by atoms with van der Waals surface area (Å²) in [5.41, 5.74) is 8.81. The molecule has 0 saturated carbocycles. The minimum Gasteiger partial charge on any atom is -0.399 e. The fraction of sp³-hybridized carbons (Fsp3) is 0.235. The number of anilines is 1. The van der Waals surface area contributed by atoms with Crippen molar-refractivity contribution in [2.45, 2.75) is 19.4 Å². The Hall–Kier alpha value is -2.29. The highest BCUT2D eigenvalue weighted by Crippen LogP contribution is 2.13. The molecule has 104 valence electrons. The summed E-state index contributed by atoms with van der Waals surface area (Å²) in [6.07, 6.45) is 1.17. The molecular weight excluding hydrogens is 248 g/mol. The van der Waals surface area contributed by atoms with Gasteiger partial charge in [0.15, 0.2) is 0 Å². The van der Waals surface area contributed by atoms with Crippen LogP contribution < -0.4 is 5.73 Å². The molecule has 0 saturated heterocycles. The highest BCUT2D eigenvalue weighted by Gasteiger charge is 2.10. The van der Waals surface area contributed by atoms with Crippen LogP contribution in [0.2, 0.25) is 0 Å². The summed E-state index contributed by atoms with van der Waals surface area (Å²) in [5.74, 6) is 0.136. The largest absolute Gasteiger partial charge is 0.399 e. The lowest BCUT2D eigenvalue weighted by atomic mass is 10.1. The van der Waals surface area contributed by atoms with Gasteiger partial charge in [-0.05, 0) is 23.6 Å². The molecule has 0 bridgehead atoms. The number of rotatable bonds is 5. The van der Waals surface area contributed by atoms with Gasteiger partial charge in [0.2, 0.25) is 5.91 Å². The number of nitrogens with two attached hydrogens (primary N) is 1. The first-order chi connectivity index (χ1) is 9.66. The predicted molar refractivity (Wildman–Crippen MR) is 82.1 cm³/mol. The predicted octanol–water partition coefficient (Wildman–Crippen LogP) is 2.86. The van der Waals surface area contributed by atoms with Gasteiger partial charge < -0.3 is 10.6 Å². The quantitative estimate of drug-likeness (QED) is 0.848. The molecule has 2 rings (SSSR count). The molecule has 0 aromatic heterocycles. The molecule has 0 spiro atoms. The van der Waals surface area contributed by atoms with Crippen LogP contribution in [0.1, 0.15) is 17.5 Å². The normalized spacial score (nSPS) is 10.2. The molecule has 0 fully saturated rings. The lowest BCUT2D eigenvalue weighted by Crippen LogP contribution is -2.26. The Morgan fingerprint density at radius 1 is 1.05 bits per heavy atom. The molecule has 0 radical (unpaired) electrons. The van der Waals surface area contributed by atoms with Crippen LogP contribution in [0.4, 0.5) is 5.69 Å². The van der Waals surface area contributed by atoms with Crippen LogP contribution in [-0.2, 0) is 17.8 Å². The number of carbonyl (C=O) groups is 1. The number of amides is 1. The van der Waals surface area contributed by atoms with Crippen molar-refractivity contribution in [3.05, 3.63) is 65.7 Å². The highest BCUT2D eigenvalue weighted by atomic mass is 16.2. The SMILES string of the molecule is CN(Cc1ccccc1)C(=O)CCc1ccccc1N. The summed E-state index contributed by atoms with van der Waals surface area (Å²) in [5, 5.41) is 0. The Kier molecular flexibility index (Phi) is 4.77. The average molecular weight is 268 g/mol. The maximum Gasteiger partial charge on any atom is 0.222 e. The van der Waals surface area contributed by atoms with Gasteiger partial charge in [-0.25, -0.2) is 0 Å². The Morgan fingerprint density at radius 2 is 1.70 bits per heavy atom. The summed E-state index contributed by atoms with van der Waals surface area (Å²) in [4.78, 5) is 13.9. The third-order valence-electron chi connectivity index (χ3n) is 3.35. The maximum absolute atomic E-state index is 12.1. The Balaban J connectivity index is 1.87. The third kappa shape index (κ3) is 3.85. The summed E-state index contributed by atoms with van der Waals surface area (Å²) in [7, 11) is 1.84. The van der Waals surface area contributed by atoms with Gasteiger partial charge in [-0.3, -0.25) is 4.79 Å². The number of benzene rings is 2. The molecule has 0 aliphatic heterocycles. The van der Waals surface area contributed by atoms with Crippen LogP contribution in [0.5, 0.6) is 0 Å². The zero-order chi connectivity index (χ0) is 14.4. The van der Waals surface area contributed by atoms with Crippen molar-refractivity contribution in [2.24, 2.45) is 0 Å². The zero-order valence-electron chi connectivity index (χ0n) is 11.8. The van der Waals surface area contributed by atoms with Gasteiger partial charge in [0.05, 0.1) is 0 Å². The minimum absolute atomic E-state index is 0.136. The van der Waals surface area contributed by atoms with Gasteiger partial charge in [-0.15, -0.1) is 0 Å². The standard InChI is InChI=1S/C17H20N2O/c1-19(13-14-7-3-2-4-8-14)17(20)12-11-15-9-5-6-10-16(15)18/h2-10H,11-13,18H2,1H3. The topological polar surface area (TPSA) is 46.3 Å². The molecule has 3 nitrogen and oxygen atoms in total. The molecule has 0 unspecified atom stereocenters. The smallest absolute Gasteiger partial charge is 0.222 e. The highest BCUT2D eigenvalue weighted by molar-refractivity contribution is 5.76. The fourth-order valence-corrected chi connectivity index (χ4v) is 2.14. The maximum atomic E-state index is 12.1. The summed E-state index contributed by atoms with van der Waals surface area (Å²) >= 11 is 0. The van der Waals surface area contributed by atoms with E-state index in [9.17, 15) is 4.79 Å². The fourth-order valence-electron chi connectivity index (χ4n) is 2.14. The molecule has 0 heterocycles. The van der Waals surface area contributed by atoms with Gasteiger partial charge in [-0.2, -0.15) is 0 Å². The molecule has 0 atom stereocenters. The van der Waals surface area contributed by atoms with Crippen molar-refractivity contribution in [1.82, 2.24) is 4.90 Å². The number of hydrogen-bond acceptors (Lipinski definition) is 2. The lowest BCUT2D eigenvalue weighted by molar-refractivity contribution is -0.130. The van der Waals surface area contributed by atoms with Gasteiger partial charge in [-0.1, -0.05) is 48.5 Å². The van der Waals surface area contributed by atoms with Gasteiger partial charge >= 0.3 is 0 Å².